The number of hydrogen-bond donors (Lipinski definition) is 0. The first-order valence-electron chi connectivity index (χ1n) is 8.47. The fraction of sp³-hybridized carbons (Fsp3) is 0.556. The number of nitrogens with zero attached hydrogens (tertiary/aromatic N) is 2. The average molecular weight is 352 g/mol. The van der Waals surface area contributed by atoms with E-state index in [9.17, 15) is 9.18 Å². The number of carbonyl (C=O) groups excluding carboxylic acids is 1. The normalized spacial score (nSPS) is 12.5. The van der Waals surface area contributed by atoms with Crippen LogP contribution in [0.2, 0.25) is 0 Å². The lowest BCUT2D eigenvalue weighted by Crippen LogP contribution is -2.22. The third kappa shape index (κ3) is 4.51. The zero-order valence-corrected chi connectivity index (χ0v) is 15.4. The predicted molar refractivity (Wildman–Crippen MR) is 95.5 cm³/mol. The van der Waals surface area contributed by atoms with Gasteiger partial charge in [-0.25, -0.2) is 4.39 Å². The van der Waals surface area contributed by atoms with Gasteiger partial charge in [-0.3, -0.25) is 4.79 Å². The highest BCUT2D eigenvalue weighted by Crippen LogP contribution is 2.20. The maximum absolute atomic E-state index is 13.5. The van der Waals surface area contributed by atoms with E-state index in [-0.39, 0.29) is 17.6 Å². The number of aromatic nitrogens is 1. The van der Waals surface area contributed by atoms with Crippen LogP contribution in [0, 0.1) is 11.7 Å². The number of ether oxygens (including phenoxy) is 1. The van der Waals surface area contributed by atoms with E-state index in [1.54, 1.807) is 13.2 Å². The molecule has 4 nitrogen and oxygen atoms in total. The topological polar surface area (TPSA) is 43.6 Å². The molecule has 0 saturated carbocycles. The van der Waals surface area contributed by atoms with Crippen LogP contribution in [0.4, 0.5) is 4.39 Å². The molecule has 0 aliphatic carbocycles. The van der Waals surface area contributed by atoms with E-state index in [4.69, 9.17) is 4.74 Å². The molecule has 0 aliphatic rings. The lowest BCUT2D eigenvalue weighted by Gasteiger charge is -2.10. The van der Waals surface area contributed by atoms with E-state index in [1.807, 2.05) is 4.57 Å². The number of hydrogen-bond acceptors (Lipinski definition) is 3. The van der Waals surface area contributed by atoms with Gasteiger partial charge >= 0.3 is 0 Å². The summed E-state index contributed by atoms with van der Waals surface area (Å²) in [6.07, 6.45) is 3.64. The highest BCUT2D eigenvalue weighted by molar-refractivity contribution is 7.16. The van der Waals surface area contributed by atoms with Gasteiger partial charge in [0.25, 0.3) is 5.91 Å². The quantitative estimate of drug-likeness (QED) is 0.717. The van der Waals surface area contributed by atoms with Gasteiger partial charge in [0, 0.05) is 19.6 Å². The Morgan fingerprint density at radius 3 is 2.67 bits per heavy atom. The van der Waals surface area contributed by atoms with Crippen LogP contribution in [-0.4, -0.2) is 24.2 Å². The molecular formula is C18H25FN2O2S. The summed E-state index contributed by atoms with van der Waals surface area (Å²) in [5.41, 5.74) is 0.882. The lowest BCUT2D eigenvalue weighted by molar-refractivity contribution is -0.122. The second kappa shape index (κ2) is 9.08. The molecule has 0 aliphatic heterocycles. The molecule has 2 aromatic rings. The second-order valence-electron chi connectivity index (χ2n) is 5.87. The monoisotopic (exact) mass is 352 g/mol. The number of fused-ring (bicyclic) bond motifs is 1. The molecule has 1 aromatic carbocycles. The van der Waals surface area contributed by atoms with Crippen LogP contribution in [0.25, 0.3) is 10.2 Å². The van der Waals surface area contributed by atoms with Crippen molar-refractivity contribution >= 4 is 27.5 Å². The van der Waals surface area contributed by atoms with Crippen molar-refractivity contribution in [3.63, 3.8) is 0 Å². The maximum Gasteiger partial charge on any atom is 0.251 e. The third-order valence-electron chi connectivity index (χ3n) is 3.99. The molecule has 0 bridgehead atoms. The molecule has 0 N–H and O–H groups in total. The first-order chi connectivity index (χ1) is 11.6. The van der Waals surface area contributed by atoms with E-state index in [0.29, 0.717) is 18.0 Å². The smallest absolute Gasteiger partial charge is 0.251 e. The van der Waals surface area contributed by atoms with Crippen molar-refractivity contribution in [1.29, 1.82) is 0 Å². The molecule has 6 heteroatoms. The highest BCUT2D eigenvalue weighted by Gasteiger charge is 2.17. The number of thiazole rings is 1. The first-order valence-corrected chi connectivity index (χ1v) is 9.28. The van der Waals surface area contributed by atoms with Crippen molar-refractivity contribution in [2.75, 3.05) is 13.7 Å². The van der Waals surface area contributed by atoms with Crippen LogP contribution in [0.1, 0.15) is 39.5 Å². The van der Waals surface area contributed by atoms with Gasteiger partial charge in [-0.1, -0.05) is 38.0 Å². The van der Waals surface area contributed by atoms with E-state index in [2.05, 4.69) is 18.8 Å². The average Bonchev–Trinajstić information content (AvgIpc) is 2.88. The van der Waals surface area contributed by atoms with Crippen molar-refractivity contribution in [2.24, 2.45) is 10.9 Å². The number of benzene rings is 1. The molecule has 2 rings (SSSR count). The summed E-state index contributed by atoms with van der Waals surface area (Å²) in [6, 6.07) is 4.65. The third-order valence-corrected chi connectivity index (χ3v) is 5.03. The summed E-state index contributed by atoms with van der Waals surface area (Å²) in [4.78, 5) is 17.6. The zero-order valence-electron chi connectivity index (χ0n) is 14.5. The van der Waals surface area contributed by atoms with Crippen LogP contribution < -0.4 is 4.80 Å². The molecule has 0 radical (unpaired) electrons. The largest absolute Gasteiger partial charge is 0.383 e. The minimum Gasteiger partial charge on any atom is -0.383 e. The Hall–Kier alpha value is -1.53. The Labute approximate surface area is 146 Å². The summed E-state index contributed by atoms with van der Waals surface area (Å²) >= 11 is 1.35. The molecule has 1 amide bonds. The molecule has 0 saturated heterocycles. The fourth-order valence-corrected chi connectivity index (χ4v) is 3.89. The van der Waals surface area contributed by atoms with Gasteiger partial charge in [0.05, 0.1) is 16.8 Å². The molecule has 0 fully saturated rings. The van der Waals surface area contributed by atoms with Crippen LogP contribution in [-0.2, 0) is 16.1 Å². The zero-order chi connectivity index (χ0) is 17.5. The molecule has 1 heterocycles. The minimum atomic E-state index is -0.282. The van der Waals surface area contributed by atoms with Gasteiger partial charge in [0.1, 0.15) is 5.82 Å². The molecule has 132 valence electrons. The molecule has 0 spiro atoms. The van der Waals surface area contributed by atoms with Crippen LogP contribution in [0.5, 0.6) is 0 Å². The number of carbonyl (C=O) groups is 1. The molecule has 24 heavy (non-hydrogen) atoms. The summed E-state index contributed by atoms with van der Waals surface area (Å²) < 4.78 is 21.4. The van der Waals surface area contributed by atoms with Crippen molar-refractivity contribution in [1.82, 2.24) is 4.57 Å². The van der Waals surface area contributed by atoms with Crippen LogP contribution in [0.15, 0.2) is 23.2 Å². The lowest BCUT2D eigenvalue weighted by atomic mass is 9.98. The Morgan fingerprint density at radius 2 is 2.04 bits per heavy atom. The SMILES string of the molecule is CCCC(CCC)C(=O)N=c1sc2cc(F)ccc2n1CCOC. The number of rotatable bonds is 8. The Bertz CT molecular complexity index is 745. The van der Waals surface area contributed by atoms with Crippen molar-refractivity contribution < 1.29 is 13.9 Å². The van der Waals surface area contributed by atoms with Gasteiger partial charge in [-0.15, -0.1) is 0 Å². The van der Waals surface area contributed by atoms with Gasteiger partial charge in [0.15, 0.2) is 4.80 Å². The van der Waals surface area contributed by atoms with Gasteiger partial charge < -0.3 is 9.30 Å². The standard InChI is InChI=1S/C18H25FN2O2S/c1-4-6-13(7-5-2)17(22)20-18-21(10-11-23-3)15-9-8-14(19)12-16(15)24-18/h8-9,12-13H,4-7,10-11H2,1-3H3. The molecular weight excluding hydrogens is 327 g/mol. The Balaban J connectivity index is 2.46. The number of methoxy groups -OCH3 is 1. The fourth-order valence-electron chi connectivity index (χ4n) is 2.80. The predicted octanol–water partition coefficient (Wildman–Crippen LogP) is 4.13. The molecule has 1 aromatic heterocycles. The van der Waals surface area contributed by atoms with Crippen LogP contribution in [0.3, 0.4) is 0 Å². The van der Waals surface area contributed by atoms with E-state index < -0.39 is 0 Å². The number of halogens is 1. The minimum absolute atomic E-state index is 0.0298. The van der Waals surface area contributed by atoms with E-state index >= 15 is 0 Å². The summed E-state index contributed by atoms with van der Waals surface area (Å²) in [5.74, 6) is -0.384. The summed E-state index contributed by atoms with van der Waals surface area (Å²) in [6.45, 7) is 5.26. The van der Waals surface area contributed by atoms with Crippen molar-refractivity contribution in [3.8, 4) is 0 Å². The summed E-state index contributed by atoms with van der Waals surface area (Å²) in [5, 5.41) is 0. The van der Waals surface area contributed by atoms with Gasteiger partial charge in [-0.2, -0.15) is 4.99 Å². The summed E-state index contributed by atoms with van der Waals surface area (Å²) in [7, 11) is 1.63. The molecule has 0 unspecified atom stereocenters. The van der Waals surface area contributed by atoms with Gasteiger partial charge in [-0.05, 0) is 31.0 Å². The maximum atomic E-state index is 13.5. The van der Waals surface area contributed by atoms with E-state index in [1.165, 1.54) is 23.5 Å². The van der Waals surface area contributed by atoms with E-state index in [0.717, 1.165) is 35.9 Å². The number of amides is 1. The Kier molecular flexibility index (Phi) is 7.12. The second-order valence-corrected chi connectivity index (χ2v) is 6.87. The van der Waals surface area contributed by atoms with Crippen LogP contribution >= 0.6 is 11.3 Å². The van der Waals surface area contributed by atoms with Crippen molar-refractivity contribution in [2.45, 2.75) is 46.1 Å². The Morgan fingerprint density at radius 1 is 1.33 bits per heavy atom. The van der Waals surface area contributed by atoms with Gasteiger partial charge in [0.2, 0.25) is 0 Å². The molecule has 0 atom stereocenters. The van der Waals surface area contributed by atoms with Crippen molar-refractivity contribution in [3.05, 3.63) is 28.8 Å². The highest BCUT2D eigenvalue weighted by atomic mass is 32.1. The first kappa shape index (κ1) is 18.8.